The molecule has 0 saturated carbocycles. The maximum Gasteiger partial charge on any atom is 0.321 e. The zero-order valence-electron chi connectivity index (χ0n) is 12.3. The monoisotopic (exact) mass is 313 g/mol. The first kappa shape index (κ1) is 17.3. The minimum atomic E-state index is -0.841. The summed E-state index contributed by atoms with van der Waals surface area (Å²) in [7, 11) is 0. The van der Waals surface area contributed by atoms with Crippen LogP contribution >= 0.6 is 11.6 Å². The Balaban J connectivity index is 2.76. The Morgan fingerprint density at radius 3 is 2.62 bits per heavy atom. The first-order valence-corrected chi connectivity index (χ1v) is 7.03. The molecule has 0 saturated heterocycles. The van der Waals surface area contributed by atoms with Gasteiger partial charge in [0.2, 0.25) is 0 Å². The Labute approximate surface area is 129 Å². The van der Waals surface area contributed by atoms with Crippen LogP contribution in [-0.2, 0) is 4.79 Å². The second kappa shape index (κ2) is 7.85. The zero-order chi connectivity index (χ0) is 16.0. The van der Waals surface area contributed by atoms with Crippen molar-refractivity contribution < 1.29 is 14.3 Å². The number of hydrogen-bond acceptors (Lipinski definition) is 4. The van der Waals surface area contributed by atoms with E-state index in [1.165, 1.54) is 0 Å². The highest BCUT2D eigenvalue weighted by Gasteiger charge is 2.19. The van der Waals surface area contributed by atoms with Crippen molar-refractivity contribution in [3.8, 4) is 5.75 Å². The van der Waals surface area contributed by atoms with E-state index in [1.807, 2.05) is 0 Å². The van der Waals surface area contributed by atoms with Crippen LogP contribution in [0.25, 0.3) is 0 Å². The van der Waals surface area contributed by atoms with Gasteiger partial charge in [0.25, 0.3) is 5.91 Å². The first-order chi connectivity index (χ1) is 9.85. The van der Waals surface area contributed by atoms with Crippen LogP contribution in [0.4, 0.5) is 4.79 Å². The second-order valence-corrected chi connectivity index (χ2v) is 5.02. The third kappa shape index (κ3) is 5.24. The molecule has 0 spiro atoms. The average molecular weight is 314 g/mol. The van der Waals surface area contributed by atoms with Crippen LogP contribution in [-0.4, -0.2) is 24.6 Å². The molecule has 0 aliphatic heterocycles. The number of rotatable bonds is 5. The van der Waals surface area contributed by atoms with Crippen molar-refractivity contribution in [1.29, 1.82) is 0 Å². The van der Waals surface area contributed by atoms with Gasteiger partial charge in [0.05, 0.1) is 0 Å². The highest BCUT2D eigenvalue weighted by molar-refractivity contribution is 6.30. The number of ether oxygens (including phenoxy) is 1. The van der Waals surface area contributed by atoms with Crippen LogP contribution in [0.15, 0.2) is 18.2 Å². The summed E-state index contributed by atoms with van der Waals surface area (Å²) >= 11 is 5.92. The van der Waals surface area contributed by atoms with Crippen molar-refractivity contribution in [3.63, 3.8) is 0 Å². The van der Waals surface area contributed by atoms with E-state index < -0.39 is 18.0 Å². The molecule has 21 heavy (non-hydrogen) atoms. The molecule has 1 aromatic rings. The summed E-state index contributed by atoms with van der Waals surface area (Å²) in [6.07, 6.45) is -0.841. The molecular weight excluding hydrogens is 294 g/mol. The summed E-state index contributed by atoms with van der Waals surface area (Å²) in [4.78, 5) is 23.1. The number of carbonyl (C=O) groups excluding carboxylic acids is 2. The molecule has 116 valence electrons. The zero-order valence-corrected chi connectivity index (χ0v) is 13.0. The van der Waals surface area contributed by atoms with Crippen LogP contribution in [0.3, 0.4) is 0 Å². The van der Waals surface area contributed by atoms with Crippen LogP contribution in [0.1, 0.15) is 32.4 Å². The fourth-order valence-corrected chi connectivity index (χ4v) is 1.83. The molecule has 3 amide bonds. The van der Waals surface area contributed by atoms with Gasteiger partial charge in [-0.25, -0.2) is 4.79 Å². The van der Waals surface area contributed by atoms with Crippen molar-refractivity contribution in [2.24, 2.45) is 5.73 Å². The minimum Gasteiger partial charge on any atom is -0.481 e. The van der Waals surface area contributed by atoms with E-state index in [1.54, 1.807) is 39.0 Å². The standard InChI is InChI=1S/C14H20ClN3O3/c1-4-17-14(20)18-13(19)9(3)21-12-6-5-10(15)7-11(12)8(2)16/h5-9H,4,16H2,1-3H3,(H2,17,18,19,20)/t8-,9?/m0/s1. The van der Waals surface area contributed by atoms with Crippen molar-refractivity contribution in [2.75, 3.05) is 6.54 Å². The molecule has 0 heterocycles. The molecule has 7 heteroatoms. The van der Waals surface area contributed by atoms with Gasteiger partial charge in [-0.2, -0.15) is 0 Å². The van der Waals surface area contributed by atoms with Crippen LogP contribution < -0.4 is 21.1 Å². The van der Waals surface area contributed by atoms with Gasteiger partial charge in [0, 0.05) is 23.2 Å². The summed E-state index contributed by atoms with van der Waals surface area (Å²) in [6.45, 7) is 5.53. The molecule has 6 nitrogen and oxygen atoms in total. The fraction of sp³-hybridized carbons (Fsp3) is 0.429. The van der Waals surface area contributed by atoms with E-state index in [4.69, 9.17) is 22.1 Å². The maximum absolute atomic E-state index is 11.8. The molecule has 0 radical (unpaired) electrons. The summed E-state index contributed by atoms with van der Waals surface area (Å²) in [5.41, 5.74) is 6.55. The lowest BCUT2D eigenvalue weighted by Gasteiger charge is -2.18. The second-order valence-electron chi connectivity index (χ2n) is 4.58. The van der Waals surface area contributed by atoms with E-state index >= 15 is 0 Å². The van der Waals surface area contributed by atoms with Gasteiger partial charge >= 0.3 is 6.03 Å². The van der Waals surface area contributed by atoms with Crippen molar-refractivity contribution in [3.05, 3.63) is 28.8 Å². The molecule has 0 aliphatic rings. The Bertz CT molecular complexity index is 520. The van der Waals surface area contributed by atoms with E-state index in [0.717, 1.165) is 0 Å². The van der Waals surface area contributed by atoms with Crippen LogP contribution in [0, 0.1) is 0 Å². The smallest absolute Gasteiger partial charge is 0.321 e. The van der Waals surface area contributed by atoms with Gasteiger partial charge in [-0.3, -0.25) is 10.1 Å². The van der Waals surface area contributed by atoms with Crippen molar-refractivity contribution in [1.82, 2.24) is 10.6 Å². The molecule has 0 aromatic heterocycles. The highest BCUT2D eigenvalue weighted by atomic mass is 35.5. The Kier molecular flexibility index (Phi) is 6.45. The number of nitrogens with two attached hydrogens (primary N) is 1. The molecule has 2 atom stereocenters. The van der Waals surface area contributed by atoms with E-state index in [-0.39, 0.29) is 6.04 Å². The van der Waals surface area contributed by atoms with Gasteiger partial charge in [-0.1, -0.05) is 11.6 Å². The number of carbonyl (C=O) groups is 2. The Morgan fingerprint density at radius 2 is 2.05 bits per heavy atom. The third-order valence-electron chi connectivity index (χ3n) is 2.71. The molecular formula is C14H20ClN3O3. The number of halogens is 1. The number of benzene rings is 1. The van der Waals surface area contributed by atoms with Crippen LogP contribution in [0.2, 0.25) is 5.02 Å². The Morgan fingerprint density at radius 1 is 1.38 bits per heavy atom. The fourth-order valence-electron chi connectivity index (χ4n) is 1.64. The predicted octanol–water partition coefficient (Wildman–Crippen LogP) is 1.97. The lowest BCUT2D eigenvalue weighted by Crippen LogP contribution is -2.45. The van der Waals surface area contributed by atoms with Crippen molar-refractivity contribution >= 4 is 23.5 Å². The van der Waals surface area contributed by atoms with Gasteiger partial charge in [-0.05, 0) is 39.0 Å². The molecule has 1 unspecified atom stereocenters. The topological polar surface area (TPSA) is 93.5 Å². The summed E-state index contributed by atoms with van der Waals surface area (Å²) in [6, 6.07) is 4.14. The SMILES string of the molecule is CCNC(=O)NC(=O)C(C)Oc1ccc(Cl)cc1[C@H](C)N. The first-order valence-electron chi connectivity index (χ1n) is 6.65. The normalized spacial score (nSPS) is 13.2. The highest BCUT2D eigenvalue weighted by Crippen LogP contribution is 2.28. The maximum atomic E-state index is 11.8. The largest absolute Gasteiger partial charge is 0.481 e. The quantitative estimate of drug-likeness (QED) is 0.774. The number of hydrogen-bond donors (Lipinski definition) is 3. The van der Waals surface area contributed by atoms with E-state index in [2.05, 4.69) is 10.6 Å². The van der Waals surface area contributed by atoms with Gasteiger partial charge < -0.3 is 15.8 Å². The van der Waals surface area contributed by atoms with Gasteiger partial charge in [0.1, 0.15) is 5.75 Å². The minimum absolute atomic E-state index is 0.294. The van der Waals surface area contributed by atoms with Gasteiger partial charge in [-0.15, -0.1) is 0 Å². The number of nitrogens with one attached hydrogen (secondary N) is 2. The number of imide groups is 1. The number of urea groups is 1. The molecule has 1 aromatic carbocycles. The summed E-state index contributed by atoms with van der Waals surface area (Å²) < 4.78 is 5.57. The predicted molar refractivity (Wildman–Crippen MR) is 81.4 cm³/mol. The molecule has 0 bridgehead atoms. The lowest BCUT2D eigenvalue weighted by atomic mass is 10.1. The summed E-state index contributed by atoms with van der Waals surface area (Å²) in [5, 5.41) is 5.19. The lowest BCUT2D eigenvalue weighted by molar-refractivity contribution is -0.126. The van der Waals surface area contributed by atoms with Crippen molar-refractivity contribution in [2.45, 2.75) is 32.9 Å². The Hall–Kier alpha value is -1.79. The average Bonchev–Trinajstić information content (AvgIpc) is 2.40. The third-order valence-corrected chi connectivity index (χ3v) is 2.94. The van der Waals surface area contributed by atoms with Gasteiger partial charge in [0.15, 0.2) is 6.10 Å². The number of amides is 3. The van der Waals surface area contributed by atoms with Crippen LogP contribution in [0.5, 0.6) is 5.75 Å². The molecule has 0 fully saturated rings. The molecule has 4 N–H and O–H groups in total. The van der Waals surface area contributed by atoms with E-state index in [9.17, 15) is 9.59 Å². The molecule has 0 aliphatic carbocycles. The van der Waals surface area contributed by atoms with E-state index in [0.29, 0.717) is 22.9 Å². The summed E-state index contributed by atoms with van der Waals surface area (Å²) in [5.74, 6) is -0.0699. The molecule has 1 rings (SSSR count).